The fourth-order valence-corrected chi connectivity index (χ4v) is 1.41. The monoisotopic (exact) mass is 309 g/mol. The average Bonchev–Trinajstić information content (AvgIpc) is 2.52. The van der Waals surface area contributed by atoms with Gasteiger partial charge in [0.1, 0.15) is 5.76 Å². The molecule has 1 rings (SSSR count). The van der Waals surface area contributed by atoms with Gasteiger partial charge in [-0.25, -0.2) is 0 Å². The van der Waals surface area contributed by atoms with Gasteiger partial charge in [-0.05, 0) is 41.6 Å². The highest BCUT2D eigenvalue weighted by Gasteiger charge is 2.02. The summed E-state index contributed by atoms with van der Waals surface area (Å²) < 4.78 is 10.9. The predicted octanol–water partition coefficient (Wildman–Crippen LogP) is 1.54. The van der Waals surface area contributed by atoms with E-state index in [1.54, 1.807) is 6.92 Å². The van der Waals surface area contributed by atoms with Crippen LogP contribution in [-0.2, 0) is 16.1 Å². The molecule has 5 heteroatoms. The van der Waals surface area contributed by atoms with Crippen LogP contribution in [0, 0.1) is 3.77 Å². The molecular formula is C9H12INO3. The van der Waals surface area contributed by atoms with Gasteiger partial charge in [-0.15, -0.1) is 0 Å². The van der Waals surface area contributed by atoms with Crippen molar-refractivity contribution in [1.29, 1.82) is 0 Å². The number of carbonyl (C=O) groups is 1. The van der Waals surface area contributed by atoms with E-state index in [4.69, 9.17) is 9.15 Å². The molecule has 0 aromatic carbocycles. The molecule has 0 atom stereocenters. The minimum Gasteiger partial charge on any atom is -0.465 e. The summed E-state index contributed by atoms with van der Waals surface area (Å²) in [6.07, 6.45) is 0. The largest absolute Gasteiger partial charge is 0.465 e. The van der Waals surface area contributed by atoms with Gasteiger partial charge in [-0.3, -0.25) is 10.1 Å². The maximum Gasteiger partial charge on any atom is 0.319 e. The van der Waals surface area contributed by atoms with Crippen LogP contribution in [0.3, 0.4) is 0 Å². The van der Waals surface area contributed by atoms with Crippen LogP contribution in [0.1, 0.15) is 12.7 Å². The summed E-state index contributed by atoms with van der Waals surface area (Å²) in [5.74, 6) is 0.576. The first-order valence-corrected chi connectivity index (χ1v) is 5.40. The summed E-state index contributed by atoms with van der Waals surface area (Å²) in [5, 5.41) is 2.93. The number of carbonyl (C=O) groups excluding carboxylic acids is 1. The third-order valence-electron chi connectivity index (χ3n) is 1.50. The maximum absolute atomic E-state index is 10.9. The lowest BCUT2D eigenvalue weighted by atomic mass is 10.4. The van der Waals surface area contributed by atoms with Crippen LogP contribution in [0.5, 0.6) is 0 Å². The zero-order chi connectivity index (χ0) is 10.4. The molecule has 1 heterocycles. The van der Waals surface area contributed by atoms with E-state index in [-0.39, 0.29) is 12.5 Å². The summed E-state index contributed by atoms with van der Waals surface area (Å²) in [5.41, 5.74) is 0. The second-order valence-electron chi connectivity index (χ2n) is 2.61. The summed E-state index contributed by atoms with van der Waals surface area (Å²) >= 11 is 2.09. The smallest absolute Gasteiger partial charge is 0.319 e. The lowest BCUT2D eigenvalue weighted by Gasteiger charge is -2.02. The van der Waals surface area contributed by atoms with Gasteiger partial charge in [-0.2, -0.15) is 0 Å². The number of rotatable bonds is 5. The number of hydrogen-bond acceptors (Lipinski definition) is 4. The van der Waals surface area contributed by atoms with Crippen molar-refractivity contribution in [2.75, 3.05) is 13.2 Å². The molecule has 0 radical (unpaired) electrons. The molecule has 0 aliphatic carbocycles. The molecule has 0 saturated heterocycles. The summed E-state index contributed by atoms with van der Waals surface area (Å²) in [7, 11) is 0. The normalized spacial score (nSPS) is 10.1. The van der Waals surface area contributed by atoms with Gasteiger partial charge in [-0.1, -0.05) is 0 Å². The van der Waals surface area contributed by atoms with Gasteiger partial charge >= 0.3 is 5.97 Å². The fourth-order valence-electron chi connectivity index (χ4n) is 0.947. The number of furan rings is 1. The van der Waals surface area contributed by atoms with Gasteiger partial charge < -0.3 is 9.15 Å². The molecule has 1 N–H and O–H groups in total. The number of halogens is 1. The van der Waals surface area contributed by atoms with Gasteiger partial charge in [0.2, 0.25) is 0 Å². The highest BCUT2D eigenvalue weighted by molar-refractivity contribution is 14.1. The molecule has 0 fully saturated rings. The van der Waals surface area contributed by atoms with E-state index >= 15 is 0 Å². The Morgan fingerprint density at radius 1 is 1.64 bits per heavy atom. The van der Waals surface area contributed by atoms with Crippen molar-refractivity contribution in [1.82, 2.24) is 5.32 Å². The predicted molar refractivity (Wildman–Crippen MR) is 59.8 cm³/mol. The molecular weight excluding hydrogens is 297 g/mol. The molecule has 0 spiro atoms. The van der Waals surface area contributed by atoms with Crippen molar-refractivity contribution >= 4 is 28.6 Å². The molecule has 0 aliphatic heterocycles. The van der Waals surface area contributed by atoms with Crippen molar-refractivity contribution in [2.45, 2.75) is 13.5 Å². The Bertz CT molecular complexity index is 298. The highest BCUT2D eigenvalue weighted by atomic mass is 127. The van der Waals surface area contributed by atoms with E-state index in [1.807, 2.05) is 12.1 Å². The first-order valence-electron chi connectivity index (χ1n) is 4.33. The highest BCUT2D eigenvalue weighted by Crippen LogP contribution is 2.09. The molecule has 14 heavy (non-hydrogen) atoms. The van der Waals surface area contributed by atoms with E-state index in [1.165, 1.54) is 0 Å². The van der Waals surface area contributed by atoms with Crippen LogP contribution in [-0.4, -0.2) is 19.1 Å². The van der Waals surface area contributed by atoms with E-state index in [2.05, 4.69) is 27.9 Å². The molecule has 0 saturated carbocycles. The molecule has 0 amide bonds. The Hall–Kier alpha value is -0.560. The minimum absolute atomic E-state index is 0.213. The number of ether oxygens (including phenoxy) is 1. The summed E-state index contributed by atoms with van der Waals surface area (Å²) in [6.45, 7) is 2.96. The van der Waals surface area contributed by atoms with Crippen molar-refractivity contribution < 1.29 is 13.9 Å². The molecule has 1 aromatic heterocycles. The van der Waals surface area contributed by atoms with Crippen LogP contribution in [0.4, 0.5) is 0 Å². The molecule has 0 unspecified atom stereocenters. The van der Waals surface area contributed by atoms with Crippen molar-refractivity contribution in [3.05, 3.63) is 21.7 Å². The lowest BCUT2D eigenvalue weighted by molar-refractivity contribution is -0.142. The van der Waals surface area contributed by atoms with Crippen LogP contribution in [0.2, 0.25) is 0 Å². The molecule has 1 aromatic rings. The van der Waals surface area contributed by atoms with E-state index < -0.39 is 0 Å². The summed E-state index contributed by atoms with van der Waals surface area (Å²) in [6, 6.07) is 3.75. The molecule has 4 nitrogen and oxygen atoms in total. The Morgan fingerprint density at radius 3 is 3.00 bits per heavy atom. The van der Waals surface area contributed by atoms with E-state index in [9.17, 15) is 4.79 Å². The van der Waals surface area contributed by atoms with Crippen LogP contribution >= 0.6 is 22.6 Å². The first-order chi connectivity index (χ1) is 6.72. The number of nitrogens with one attached hydrogen (secondary N) is 1. The average molecular weight is 309 g/mol. The van der Waals surface area contributed by atoms with E-state index in [0.29, 0.717) is 13.2 Å². The number of hydrogen-bond donors (Lipinski definition) is 1. The van der Waals surface area contributed by atoms with E-state index in [0.717, 1.165) is 9.53 Å². The standard InChI is InChI=1S/C9H12INO3/c1-2-13-9(12)6-11-5-7-3-4-8(10)14-7/h3-4,11H,2,5-6H2,1H3. The van der Waals surface area contributed by atoms with Gasteiger partial charge in [0, 0.05) is 0 Å². The maximum atomic E-state index is 10.9. The van der Waals surface area contributed by atoms with Crippen molar-refractivity contribution in [3.8, 4) is 0 Å². The Kier molecular flexibility index (Phi) is 4.95. The zero-order valence-electron chi connectivity index (χ0n) is 7.88. The molecule has 78 valence electrons. The van der Waals surface area contributed by atoms with Gasteiger partial charge in [0.15, 0.2) is 3.77 Å². The van der Waals surface area contributed by atoms with Gasteiger partial charge in [0.05, 0.1) is 19.7 Å². The van der Waals surface area contributed by atoms with Crippen LogP contribution in [0.15, 0.2) is 16.5 Å². The topological polar surface area (TPSA) is 51.5 Å². The fraction of sp³-hybridized carbons (Fsp3) is 0.444. The third-order valence-corrected chi connectivity index (χ3v) is 2.08. The molecule has 0 aliphatic rings. The van der Waals surface area contributed by atoms with Crippen molar-refractivity contribution in [2.24, 2.45) is 0 Å². The Morgan fingerprint density at radius 2 is 2.43 bits per heavy atom. The minimum atomic E-state index is -0.242. The second kappa shape index (κ2) is 6.02. The Labute approximate surface area is 96.1 Å². The van der Waals surface area contributed by atoms with Crippen LogP contribution in [0.25, 0.3) is 0 Å². The van der Waals surface area contributed by atoms with Crippen molar-refractivity contribution in [3.63, 3.8) is 0 Å². The number of esters is 1. The second-order valence-corrected chi connectivity index (χ2v) is 3.68. The quantitative estimate of drug-likeness (QED) is 0.662. The molecule has 0 bridgehead atoms. The SMILES string of the molecule is CCOC(=O)CNCc1ccc(I)o1. The first kappa shape index (κ1) is 11.5. The zero-order valence-corrected chi connectivity index (χ0v) is 10.0. The lowest BCUT2D eigenvalue weighted by Crippen LogP contribution is -2.24. The van der Waals surface area contributed by atoms with Crippen LogP contribution < -0.4 is 5.32 Å². The van der Waals surface area contributed by atoms with Gasteiger partial charge in [0.25, 0.3) is 0 Å². The summed E-state index contributed by atoms with van der Waals surface area (Å²) in [4.78, 5) is 10.9. The third kappa shape index (κ3) is 4.10. The Balaban J connectivity index is 2.18.